The highest BCUT2D eigenvalue weighted by Crippen LogP contribution is 1.98. The average molecular weight is 98.1 g/mol. The van der Waals surface area contributed by atoms with Gasteiger partial charge in [0.25, 0.3) is 0 Å². The van der Waals surface area contributed by atoms with Crippen molar-refractivity contribution in [3.05, 3.63) is 11.8 Å². The Morgan fingerprint density at radius 1 is 2.00 bits per heavy atom. The van der Waals surface area contributed by atoms with Crippen LogP contribution in [0.5, 0.6) is 0 Å². The molecule has 0 radical (unpaired) electrons. The SMILES string of the molecule is CC1NCC=C1N. The van der Waals surface area contributed by atoms with Crippen LogP contribution in [0.15, 0.2) is 11.8 Å². The quantitative estimate of drug-likeness (QED) is 0.441. The molecule has 0 amide bonds. The molecule has 7 heavy (non-hydrogen) atoms. The van der Waals surface area contributed by atoms with E-state index in [1.54, 1.807) is 0 Å². The van der Waals surface area contributed by atoms with Gasteiger partial charge in [-0.3, -0.25) is 0 Å². The van der Waals surface area contributed by atoms with Gasteiger partial charge >= 0.3 is 0 Å². The zero-order chi connectivity index (χ0) is 5.28. The predicted octanol–water partition coefficient (Wildman–Crippen LogP) is -0.179. The summed E-state index contributed by atoms with van der Waals surface area (Å²) in [6.07, 6.45) is 2.00. The molecule has 0 saturated carbocycles. The summed E-state index contributed by atoms with van der Waals surface area (Å²) in [6, 6.07) is 0.403. The first-order valence-corrected chi connectivity index (χ1v) is 2.49. The van der Waals surface area contributed by atoms with Gasteiger partial charge in [-0.1, -0.05) is 6.08 Å². The third kappa shape index (κ3) is 0.747. The Morgan fingerprint density at radius 2 is 2.71 bits per heavy atom. The van der Waals surface area contributed by atoms with Crippen molar-refractivity contribution in [3.8, 4) is 0 Å². The molecule has 40 valence electrons. The van der Waals surface area contributed by atoms with Gasteiger partial charge in [0.2, 0.25) is 0 Å². The molecule has 0 aromatic carbocycles. The first-order valence-electron chi connectivity index (χ1n) is 2.49. The fourth-order valence-electron chi connectivity index (χ4n) is 0.648. The van der Waals surface area contributed by atoms with Gasteiger partial charge in [0.05, 0.1) is 0 Å². The molecular weight excluding hydrogens is 88.1 g/mol. The Labute approximate surface area is 43.4 Å². The topological polar surface area (TPSA) is 38.0 Å². The molecule has 0 fully saturated rings. The van der Waals surface area contributed by atoms with Crippen molar-refractivity contribution >= 4 is 0 Å². The Balaban J connectivity index is 2.54. The molecule has 2 heteroatoms. The summed E-state index contributed by atoms with van der Waals surface area (Å²) in [5, 5.41) is 3.15. The Kier molecular flexibility index (Phi) is 1.02. The van der Waals surface area contributed by atoms with Crippen molar-refractivity contribution in [2.75, 3.05) is 6.54 Å². The molecule has 1 heterocycles. The van der Waals surface area contributed by atoms with Crippen LogP contribution in [0.4, 0.5) is 0 Å². The lowest BCUT2D eigenvalue weighted by Gasteiger charge is -2.01. The van der Waals surface area contributed by atoms with E-state index in [1.807, 2.05) is 6.08 Å². The standard InChI is InChI=1S/C5H10N2/c1-4-5(6)2-3-7-4/h2,4,7H,3,6H2,1H3. The van der Waals surface area contributed by atoms with E-state index in [1.165, 1.54) is 0 Å². The van der Waals surface area contributed by atoms with Gasteiger partial charge in [0, 0.05) is 18.3 Å². The third-order valence-electron chi connectivity index (χ3n) is 1.26. The molecule has 0 aromatic rings. The highest BCUT2D eigenvalue weighted by molar-refractivity contribution is 5.11. The summed E-state index contributed by atoms with van der Waals surface area (Å²) in [5.74, 6) is 0. The molecule has 0 aliphatic carbocycles. The second kappa shape index (κ2) is 1.54. The minimum atomic E-state index is 0.403. The molecule has 1 aliphatic heterocycles. The second-order valence-electron chi connectivity index (χ2n) is 1.83. The van der Waals surface area contributed by atoms with Crippen LogP contribution >= 0.6 is 0 Å². The van der Waals surface area contributed by atoms with Gasteiger partial charge in [0.1, 0.15) is 0 Å². The van der Waals surface area contributed by atoms with Crippen LogP contribution in [0.25, 0.3) is 0 Å². The van der Waals surface area contributed by atoms with Gasteiger partial charge in [0.15, 0.2) is 0 Å². The summed E-state index contributed by atoms with van der Waals surface area (Å²) in [6.45, 7) is 2.99. The average Bonchev–Trinajstić information content (AvgIpc) is 1.91. The Morgan fingerprint density at radius 3 is 2.86 bits per heavy atom. The van der Waals surface area contributed by atoms with E-state index in [-0.39, 0.29) is 0 Å². The van der Waals surface area contributed by atoms with Crippen molar-refractivity contribution in [3.63, 3.8) is 0 Å². The molecule has 0 aromatic heterocycles. The fourth-order valence-corrected chi connectivity index (χ4v) is 0.648. The maximum absolute atomic E-state index is 5.48. The van der Waals surface area contributed by atoms with E-state index in [2.05, 4.69) is 12.2 Å². The molecule has 0 bridgehead atoms. The van der Waals surface area contributed by atoms with Crippen molar-refractivity contribution in [2.45, 2.75) is 13.0 Å². The summed E-state index contributed by atoms with van der Waals surface area (Å²) in [7, 11) is 0. The van der Waals surface area contributed by atoms with E-state index in [0.29, 0.717) is 6.04 Å². The van der Waals surface area contributed by atoms with E-state index in [0.717, 1.165) is 12.2 Å². The lowest BCUT2D eigenvalue weighted by Crippen LogP contribution is -2.23. The lowest BCUT2D eigenvalue weighted by atomic mass is 10.3. The van der Waals surface area contributed by atoms with Gasteiger partial charge < -0.3 is 11.1 Å². The number of hydrogen-bond donors (Lipinski definition) is 2. The van der Waals surface area contributed by atoms with Crippen LogP contribution in [0.2, 0.25) is 0 Å². The lowest BCUT2D eigenvalue weighted by molar-refractivity contribution is 0.696. The van der Waals surface area contributed by atoms with Crippen LogP contribution < -0.4 is 11.1 Å². The normalized spacial score (nSPS) is 30.4. The Hall–Kier alpha value is -0.500. The third-order valence-corrected chi connectivity index (χ3v) is 1.26. The number of nitrogens with one attached hydrogen (secondary N) is 1. The maximum atomic E-state index is 5.48. The molecule has 1 aliphatic rings. The zero-order valence-electron chi connectivity index (χ0n) is 4.44. The molecule has 2 nitrogen and oxygen atoms in total. The fraction of sp³-hybridized carbons (Fsp3) is 0.600. The van der Waals surface area contributed by atoms with Gasteiger partial charge in [-0.05, 0) is 6.92 Å². The van der Waals surface area contributed by atoms with E-state index in [9.17, 15) is 0 Å². The number of rotatable bonds is 0. The molecule has 1 atom stereocenters. The zero-order valence-corrected chi connectivity index (χ0v) is 4.44. The van der Waals surface area contributed by atoms with Crippen LogP contribution in [0.1, 0.15) is 6.92 Å². The number of hydrogen-bond acceptors (Lipinski definition) is 2. The van der Waals surface area contributed by atoms with Crippen LogP contribution in [-0.4, -0.2) is 12.6 Å². The van der Waals surface area contributed by atoms with E-state index in [4.69, 9.17) is 5.73 Å². The molecule has 0 saturated heterocycles. The van der Waals surface area contributed by atoms with Gasteiger partial charge in [-0.2, -0.15) is 0 Å². The van der Waals surface area contributed by atoms with E-state index >= 15 is 0 Å². The van der Waals surface area contributed by atoms with Crippen molar-refractivity contribution in [1.82, 2.24) is 5.32 Å². The molecule has 1 rings (SSSR count). The maximum Gasteiger partial charge on any atom is 0.0438 e. The minimum absolute atomic E-state index is 0.403. The van der Waals surface area contributed by atoms with Crippen LogP contribution in [0.3, 0.4) is 0 Å². The van der Waals surface area contributed by atoms with Crippen molar-refractivity contribution < 1.29 is 0 Å². The van der Waals surface area contributed by atoms with Crippen molar-refractivity contribution in [2.24, 2.45) is 5.73 Å². The summed E-state index contributed by atoms with van der Waals surface area (Å²) in [5.41, 5.74) is 6.45. The van der Waals surface area contributed by atoms with Gasteiger partial charge in [-0.25, -0.2) is 0 Å². The monoisotopic (exact) mass is 98.1 g/mol. The van der Waals surface area contributed by atoms with E-state index < -0.39 is 0 Å². The predicted molar refractivity (Wildman–Crippen MR) is 29.7 cm³/mol. The minimum Gasteiger partial charge on any atom is -0.401 e. The molecule has 1 unspecified atom stereocenters. The largest absolute Gasteiger partial charge is 0.401 e. The highest BCUT2D eigenvalue weighted by Gasteiger charge is 2.07. The first kappa shape index (κ1) is 4.65. The highest BCUT2D eigenvalue weighted by atomic mass is 15.0. The molecular formula is C5H10N2. The molecule has 0 spiro atoms. The first-order chi connectivity index (χ1) is 3.30. The number of nitrogens with two attached hydrogens (primary N) is 1. The van der Waals surface area contributed by atoms with Crippen molar-refractivity contribution in [1.29, 1.82) is 0 Å². The summed E-state index contributed by atoms with van der Waals surface area (Å²) in [4.78, 5) is 0. The summed E-state index contributed by atoms with van der Waals surface area (Å²) >= 11 is 0. The Bertz CT molecular complexity index is 96.3. The second-order valence-corrected chi connectivity index (χ2v) is 1.83. The van der Waals surface area contributed by atoms with Crippen LogP contribution in [0, 0.1) is 0 Å². The smallest absolute Gasteiger partial charge is 0.0438 e. The van der Waals surface area contributed by atoms with Crippen LogP contribution in [-0.2, 0) is 0 Å². The molecule has 3 N–H and O–H groups in total. The van der Waals surface area contributed by atoms with Gasteiger partial charge in [-0.15, -0.1) is 0 Å². The summed E-state index contributed by atoms with van der Waals surface area (Å²) < 4.78 is 0.